The largest absolute Gasteiger partial charge is 0.455 e. The van der Waals surface area contributed by atoms with E-state index >= 15 is 0 Å². The molecule has 3 heteroatoms. The fraction of sp³-hybridized carbons (Fsp3) is 0. The summed E-state index contributed by atoms with van der Waals surface area (Å²) in [5.41, 5.74) is 12.1. The van der Waals surface area contributed by atoms with Crippen molar-refractivity contribution >= 4 is 81.3 Å². The summed E-state index contributed by atoms with van der Waals surface area (Å²) in [5, 5.41) is 7.29. The molecule has 0 saturated carbocycles. The van der Waals surface area contributed by atoms with Crippen molar-refractivity contribution in [3.63, 3.8) is 0 Å². The second-order valence-electron chi connectivity index (χ2n) is 14.1. The van der Waals surface area contributed by atoms with Crippen molar-refractivity contribution in [1.82, 2.24) is 0 Å². The van der Waals surface area contributed by atoms with Gasteiger partial charge in [-0.3, -0.25) is 0 Å². The number of thiophene rings is 1. The molecule has 258 valence electrons. The molecule has 0 radical (unpaired) electrons. The van der Waals surface area contributed by atoms with Crippen LogP contribution in [-0.4, -0.2) is 0 Å². The van der Waals surface area contributed by atoms with Gasteiger partial charge >= 0.3 is 0 Å². The fourth-order valence-electron chi connectivity index (χ4n) is 8.17. The number of fused-ring (bicyclic) bond motifs is 7. The first kappa shape index (κ1) is 31.6. The van der Waals surface area contributed by atoms with Crippen LogP contribution in [0.5, 0.6) is 0 Å². The Bertz CT molecular complexity index is 3190. The van der Waals surface area contributed by atoms with Gasteiger partial charge in [0, 0.05) is 53.6 Å². The average molecular weight is 720 g/mol. The summed E-state index contributed by atoms with van der Waals surface area (Å²) >= 11 is 1.87. The Morgan fingerprint density at radius 2 is 0.964 bits per heavy atom. The number of benzene rings is 9. The van der Waals surface area contributed by atoms with E-state index in [-0.39, 0.29) is 0 Å². The van der Waals surface area contributed by atoms with Crippen LogP contribution in [0.2, 0.25) is 0 Å². The van der Waals surface area contributed by atoms with Gasteiger partial charge < -0.3 is 9.32 Å². The van der Waals surface area contributed by atoms with Crippen LogP contribution in [-0.2, 0) is 0 Å². The number of para-hydroxylation sites is 1. The Balaban J connectivity index is 1.03. The molecule has 2 aromatic heterocycles. The van der Waals surface area contributed by atoms with E-state index in [1.54, 1.807) is 0 Å². The Morgan fingerprint density at radius 3 is 1.76 bits per heavy atom. The number of nitrogens with zero attached hydrogens (tertiary/aromatic N) is 1. The van der Waals surface area contributed by atoms with Gasteiger partial charge in [-0.05, 0) is 93.2 Å². The van der Waals surface area contributed by atoms with Crippen LogP contribution in [0.4, 0.5) is 17.1 Å². The van der Waals surface area contributed by atoms with Gasteiger partial charge in [0.15, 0.2) is 0 Å². The number of hydrogen-bond donors (Lipinski definition) is 0. The standard InChI is InChI=1S/C52H33NOS/c1-2-11-34(12-3-1)35-23-27-40(28-24-35)53(42-16-8-15-39(31-42)44-19-10-21-47-45-17-6-7-22-50(45)55-52(44)47)41-29-25-36(26-30-41)43-18-9-20-46-48-32-37-13-4-5-14-38(37)33-49(48)54-51(43)46/h1-33H. The molecule has 0 fully saturated rings. The van der Waals surface area contributed by atoms with Gasteiger partial charge in [0.25, 0.3) is 0 Å². The molecule has 55 heavy (non-hydrogen) atoms. The summed E-state index contributed by atoms with van der Waals surface area (Å²) in [6.45, 7) is 0. The molecule has 0 amide bonds. The van der Waals surface area contributed by atoms with Gasteiger partial charge in [0.1, 0.15) is 11.2 Å². The van der Waals surface area contributed by atoms with Gasteiger partial charge in [-0.15, -0.1) is 11.3 Å². The molecule has 11 rings (SSSR count). The van der Waals surface area contributed by atoms with E-state index in [9.17, 15) is 0 Å². The van der Waals surface area contributed by atoms with Crippen LogP contribution in [0.1, 0.15) is 0 Å². The van der Waals surface area contributed by atoms with Crippen molar-refractivity contribution in [3.05, 3.63) is 200 Å². The van der Waals surface area contributed by atoms with Crippen LogP contribution in [0, 0.1) is 0 Å². The second-order valence-corrected chi connectivity index (χ2v) is 15.2. The first-order valence-electron chi connectivity index (χ1n) is 18.7. The lowest BCUT2D eigenvalue weighted by atomic mass is 10.00. The molecule has 0 bridgehead atoms. The summed E-state index contributed by atoms with van der Waals surface area (Å²) in [5.74, 6) is 0. The lowest BCUT2D eigenvalue weighted by molar-refractivity contribution is 0.670. The quantitative estimate of drug-likeness (QED) is 0.170. The molecule has 2 heterocycles. The van der Waals surface area contributed by atoms with E-state index in [1.807, 2.05) is 11.3 Å². The maximum atomic E-state index is 6.61. The molecule has 0 N–H and O–H groups in total. The predicted octanol–water partition coefficient (Wildman–Crippen LogP) is 15.6. The van der Waals surface area contributed by atoms with Gasteiger partial charge in [-0.2, -0.15) is 0 Å². The molecule has 0 aliphatic rings. The zero-order valence-electron chi connectivity index (χ0n) is 29.8. The lowest BCUT2D eigenvalue weighted by Crippen LogP contribution is -2.10. The fourth-order valence-corrected chi connectivity index (χ4v) is 9.41. The second kappa shape index (κ2) is 12.9. The van der Waals surface area contributed by atoms with Gasteiger partial charge in [-0.25, -0.2) is 0 Å². The minimum atomic E-state index is 0.911. The molecule has 0 unspecified atom stereocenters. The monoisotopic (exact) mass is 719 g/mol. The van der Waals surface area contributed by atoms with Crippen molar-refractivity contribution in [3.8, 4) is 33.4 Å². The van der Waals surface area contributed by atoms with Crippen LogP contribution in [0.3, 0.4) is 0 Å². The maximum absolute atomic E-state index is 6.61. The molecule has 0 atom stereocenters. The average Bonchev–Trinajstić information content (AvgIpc) is 3.82. The highest BCUT2D eigenvalue weighted by molar-refractivity contribution is 7.26. The normalized spacial score (nSPS) is 11.6. The van der Waals surface area contributed by atoms with E-state index < -0.39 is 0 Å². The lowest BCUT2D eigenvalue weighted by Gasteiger charge is -2.26. The highest BCUT2D eigenvalue weighted by Gasteiger charge is 2.18. The molecule has 0 aliphatic carbocycles. The molecule has 2 nitrogen and oxygen atoms in total. The van der Waals surface area contributed by atoms with Crippen molar-refractivity contribution in [2.24, 2.45) is 0 Å². The Hall–Kier alpha value is -6.94. The topological polar surface area (TPSA) is 16.4 Å². The first-order valence-corrected chi connectivity index (χ1v) is 19.5. The van der Waals surface area contributed by atoms with Gasteiger partial charge in [-0.1, -0.05) is 146 Å². The summed E-state index contributed by atoms with van der Waals surface area (Å²) in [6, 6.07) is 72.1. The number of rotatable bonds is 6. The van der Waals surface area contributed by atoms with Crippen molar-refractivity contribution in [2.45, 2.75) is 0 Å². The molecular weight excluding hydrogens is 687 g/mol. The summed E-state index contributed by atoms with van der Waals surface area (Å²) in [7, 11) is 0. The zero-order chi connectivity index (χ0) is 36.3. The highest BCUT2D eigenvalue weighted by atomic mass is 32.1. The molecule has 11 aromatic rings. The Kier molecular flexibility index (Phi) is 7.39. The number of anilines is 3. The van der Waals surface area contributed by atoms with Crippen LogP contribution in [0.25, 0.3) is 86.3 Å². The minimum Gasteiger partial charge on any atom is -0.455 e. The molecule has 0 aliphatic heterocycles. The van der Waals surface area contributed by atoms with Gasteiger partial charge in [0.2, 0.25) is 0 Å². The highest BCUT2D eigenvalue weighted by Crippen LogP contribution is 2.43. The van der Waals surface area contributed by atoms with E-state index in [0.717, 1.165) is 50.1 Å². The Labute approximate surface area is 322 Å². The van der Waals surface area contributed by atoms with E-state index in [4.69, 9.17) is 4.42 Å². The number of furan rings is 1. The molecular formula is C52H33NOS. The Morgan fingerprint density at radius 1 is 0.364 bits per heavy atom. The van der Waals surface area contributed by atoms with Crippen molar-refractivity contribution in [1.29, 1.82) is 0 Å². The SMILES string of the molecule is c1ccc(-c2ccc(N(c3ccc(-c4cccc5c4oc4cc6ccccc6cc45)cc3)c3cccc(-c4cccc5c4sc4ccccc45)c3)cc2)cc1. The van der Waals surface area contributed by atoms with Crippen LogP contribution >= 0.6 is 11.3 Å². The van der Waals surface area contributed by atoms with Crippen molar-refractivity contribution in [2.75, 3.05) is 4.90 Å². The molecule has 9 aromatic carbocycles. The summed E-state index contributed by atoms with van der Waals surface area (Å²) in [4.78, 5) is 2.36. The first-order chi connectivity index (χ1) is 27.2. The molecule has 0 saturated heterocycles. The summed E-state index contributed by atoms with van der Waals surface area (Å²) < 4.78 is 9.24. The summed E-state index contributed by atoms with van der Waals surface area (Å²) in [6.07, 6.45) is 0. The zero-order valence-corrected chi connectivity index (χ0v) is 30.6. The van der Waals surface area contributed by atoms with Crippen LogP contribution in [0.15, 0.2) is 205 Å². The van der Waals surface area contributed by atoms with E-state index in [2.05, 4.69) is 205 Å². The molecule has 0 spiro atoms. The van der Waals surface area contributed by atoms with E-state index in [1.165, 1.54) is 53.2 Å². The van der Waals surface area contributed by atoms with Gasteiger partial charge in [0.05, 0.1) is 0 Å². The minimum absolute atomic E-state index is 0.911. The van der Waals surface area contributed by atoms with Crippen molar-refractivity contribution < 1.29 is 4.42 Å². The van der Waals surface area contributed by atoms with Crippen LogP contribution < -0.4 is 4.90 Å². The smallest absolute Gasteiger partial charge is 0.143 e. The maximum Gasteiger partial charge on any atom is 0.143 e. The van der Waals surface area contributed by atoms with E-state index in [0.29, 0.717) is 0 Å². The number of hydrogen-bond acceptors (Lipinski definition) is 3. The third kappa shape index (κ3) is 5.40. The third-order valence-corrected chi connectivity index (χ3v) is 12.1. The predicted molar refractivity (Wildman–Crippen MR) is 235 cm³/mol. The third-order valence-electron chi connectivity index (χ3n) is 10.9.